The van der Waals surface area contributed by atoms with Gasteiger partial charge in [0.05, 0.1) is 11.5 Å². The van der Waals surface area contributed by atoms with E-state index in [0.717, 1.165) is 7.14 Å². The molecular formula is C16H12F5I3NO6S-. The molecule has 1 aliphatic rings. The molecule has 1 amide bonds. The van der Waals surface area contributed by atoms with E-state index < -0.39 is 39.5 Å². The third-order valence-corrected chi connectivity index (χ3v) is 9.06. The highest BCUT2D eigenvalue weighted by Crippen LogP contribution is 2.39. The number of nitrogens with zero attached hydrogens (tertiary/aromatic N) is 1. The Bertz CT molecular complexity index is 1010. The van der Waals surface area contributed by atoms with Crippen LogP contribution in [0.3, 0.4) is 0 Å². The zero-order chi connectivity index (χ0) is 24.6. The molecule has 0 bridgehead atoms. The maximum atomic E-state index is 13.5. The molecule has 0 spiro atoms. The van der Waals surface area contributed by atoms with Gasteiger partial charge in [-0.1, -0.05) is 0 Å². The van der Waals surface area contributed by atoms with Crippen LogP contribution in [0, 0.1) is 16.6 Å². The fraction of sp³-hybridized carbons (Fsp3) is 0.500. The predicted octanol–water partition coefficient (Wildman–Crippen LogP) is 3.96. The molecule has 1 aliphatic heterocycles. The van der Waals surface area contributed by atoms with Gasteiger partial charge in [0.2, 0.25) is 0 Å². The van der Waals surface area contributed by atoms with Crippen LogP contribution < -0.4 is 0 Å². The molecule has 1 unspecified atom stereocenters. The first-order chi connectivity index (χ1) is 14.5. The van der Waals surface area contributed by atoms with E-state index in [4.69, 9.17) is 0 Å². The van der Waals surface area contributed by atoms with Gasteiger partial charge in [-0.15, -0.1) is 0 Å². The van der Waals surface area contributed by atoms with Gasteiger partial charge < -0.3 is 14.2 Å². The van der Waals surface area contributed by atoms with Crippen molar-refractivity contribution >= 4 is 89.8 Å². The first-order valence-electron chi connectivity index (χ1n) is 8.51. The van der Waals surface area contributed by atoms with E-state index in [0.29, 0.717) is 9.13 Å². The van der Waals surface area contributed by atoms with Crippen molar-refractivity contribution in [3.63, 3.8) is 0 Å². The minimum absolute atomic E-state index is 0.0658. The van der Waals surface area contributed by atoms with Gasteiger partial charge >= 0.3 is 17.4 Å². The number of hydrogen-bond acceptors (Lipinski definition) is 6. The topological polar surface area (TPSA) is 104 Å². The van der Waals surface area contributed by atoms with E-state index in [9.17, 15) is 44.5 Å². The summed E-state index contributed by atoms with van der Waals surface area (Å²) in [5, 5.41) is -5.89. The maximum Gasteiger partial charge on any atom is 0.432 e. The zero-order valence-electron chi connectivity index (χ0n) is 15.5. The van der Waals surface area contributed by atoms with Gasteiger partial charge in [-0.05, 0) is 92.7 Å². The van der Waals surface area contributed by atoms with Crippen LogP contribution in [0.4, 0.5) is 22.0 Å². The van der Waals surface area contributed by atoms with Gasteiger partial charge in [-0.3, -0.25) is 9.59 Å². The number of amides is 1. The monoisotopic (exact) mass is 822 g/mol. The minimum Gasteiger partial charge on any atom is -0.743 e. The normalized spacial score (nSPS) is 17.2. The summed E-state index contributed by atoms with van der Waals surface area (Å²) in [6.07, 6.45) is -10.8. The predicted molar refractivity (Wildman–Crippen MR) is 124 cm³/mol. The number of halogens is 8. The van der Waals surface area contributed by atoms with Crippen molar-refractivity contribution in [1.82, 2.24) is 4.90 Å². The fourth-order valence-corrected chi connectivity index (χ4v) is 5.70. The second kappa shape index (κ2) is 10.3. The van der Waals surface area contributed by atoms with Crippen LogP contribution >= 0.6 is 67.8 Å². The number of rotatable bonds is 5. The summed E-state index contributed by atoms with van der Waals surface area (Å²) in [5.74, 6) is -3.37. The fourth-order valence-electron chi connectivity index (χ4n) is 2.87. The summed E-state index contributed by atoms with van der Waals surface area (Å²) in [5.41, 5.74) is 0.403. The lowest BCUT2D eigenvalue weighted by atomic mass is 9.96. The summed E-state index contributed by atoms with van der Waals surface area (Å²) >= 11 is 6.09. The first kappa shape index (κ1) is 28.1. The molecule has 7 nitrogen and oxygen atoms in total. The quantitative estimate of drug-likeness (QED) is 0.147. The Labute approximate surface area is 220 Å². The van der Waals surface area contributed by atoms with Gasteiger partial charge in [0, 0.05) is 23.8 Å². The standard InChI is InChI=1S/C16H13F5I3NO6S/c17-15(18,19)14(16(20,21)32(28,29)30)31-13(27)7-1-3-25(4-2-7)12(26)9-5-8(22)6-10(23)11(9)24/h5-7,14H,1-4H2,(H,28,29,30)/p-1. The number of hydrogen-bond donors (Lipinski definition) is 0. The van der Waals surface area contributed by atoms with E-state index in [1.54, 1.807) is 6.07 Å². The molecule has 2 rings (SSSR count). The second-order valence-electron chi connectivity index (χ2n) is 6.69. The Morgan fingerprint density at radius 3 is 2.09 bits per heavy atom. The first-order valence-corrected chi connectivity index (χ1v) is 13.2. The molecule has 1 saturated heterocycles. The third kappa shape index (κ3) is 6.32. The lowest BCUT2D eigenvalue weighted by Gasteiger charge is -2.34. The highest BCUT2D eigenvalue weighted by molar-refractivity contribution is 14.1. The third-order valence-electron chi connectivity index (χ3n) is 4.51. The number of carbonyl (C=O) groups excluding carboxylic acids is 2. The molecule has 1 heterocycles. The number of esters is 1. The van der Waals surface area contributed by atoms with Crippen LogP contribution in [0.2, 0.25) is 0 Å². The number of carbonyl (C=O) groups is 2. The van der Waals surface area contributed by atoms with Crippen molar-refractivity contribution in [2.75, 3.05) is 13.1 Å². The lowest BCUT2D eigenvalue weighted by Crippen LogP contribution is -2.53. The van der Waals surface area contributed by atoms with Crippen LogP contribution in [-0.4, -0.2) is 60.4 Å². The van der Waals surface area contributed by atoms with Gasteiger partial charge in [-0.25, -0.2) is 8.42 Å². The summed E-state index contributed by atoms with van der Waals surface area (Å²) < 4.78 is 104. The Hall–Kier alpha value is -0.0900. The lowest BCUT2D eigenvalue weighted by molar-refractivity contribution is -0.261. The van der Waals surface area contributed by atoms with Crippen molar-refractivity contribution in [1.29, 1.82) is 0 Å². The number of likely N-dealkylation sites (tertiary alicyclic amines) is 1. The summed E-state index contributed by atoms with van der Waals surface area (Å²) in [4.78, 5) is 26.2. The highest BCUT2D eigenvalue weighted by atomic mass is 127. The van der Waals surface area contributed by atoms with E-state index in [1.165, 1.54) is 4.90 Å². The zero-order valence-corrected chi connectivity index (χ0v) is 22.8. The summed E-state index contributed by atoms with van der Waals surface area (Å²) in [6, 6.07) is 3.52. The summed E-state index contributed by atoms with van der Waals surface area (Å²) in [6.45, 7) is -0.132. The van der Waals surface area contributed by atoms with Crippen molar-refractivity contribution in [2.45, 2.75) is 30.4 Å². The molecule has 0 N–H and O–H groups in total. The van der Waals surface area contributed by atoms with E-state index in [2.05, 4.69) is 27.3 Å². The Balaban J connectivity index is 2.11. The van der Waals surface area contributed by atoms with Crippen LogP contribution in [0.15, 0.2) is 12.1 Å². The molecule has 1 fully saturated rings. The van der Waals surface area contributed by atoms with Gasteiger partial charge in [0.1, 0.15) is 0 Å². The van der Waals surface area contributed by atoms with Gasteiger partial charge in [-0.2, -0.15) is 22.0 Å². The van der Waals surface area contributed by atoms with Gasteiger partial charge in [0.15, 0.2) is 10.1 Å². The minimum atomic E-state index is -6.76. The second-order valence-corrected chi connectivity index (χ2v) is 11.6. The average molecular weight is 822 g/mol. The number of ether oxygens (including phenoxy) is 1. The van der Waals surface area contributed by atoms with Crippen molar-refractivity contribution in [3.05, 3.63) is 28.4 Å². The molecule has 180 valence electrons. The molecule has 0 radical (unpaired) electrons. The molecule has 1 atom stereocenters. The van der Waals surface area contributed by atoms with E-state index in [1.807, 2.05) is 51.2 Å². The summed E-state index contributed by atoms with van der Waals surface area (Å²) in [7, 11) is -6.76. The number of piperidine rings is 1. The molecule has 1 aromatic carbocycles. The molecule has 0 aliphatic carbocycles. The molecular weight excluding hydrogens is 810 g/mol. The maximum absolute atomic E-state index is 13.5. The van der Waals surface area contributed by atoms with E-state index >= 15 is 0 Å². The number of alkyl halides is 5. The smallest absolute Gasteiger partial charge is 0.432 e. The van der Waals surface area contributed by atoms with Crippen molar-refractivity contribution in [3.8, 4) is 0 Å². The van der Waals surface area contributed by atoms with Crippen LogP contribution in [0.25, 0.3) is 0 Å². The molecule has 16 heteroatoms. The van der Waals surface area contributed by atoms with Crippen LogP contribution in [0.5, 0.6) is 0 Å². The Morgan fingerprint density at radius 1 is 1.09 bits per heavy atom. The molecule has 32 heavy (non-hydrogen) atoms. The Kier molecular flexibility index (Phi) is 9.03. The molecule has 1 aromatic rings. The number of benzene rings is 1. The molecule has 0 aromatic heterocycles. The van der Waals surface area contributed by atoms with Crippen molar-refractivity contribution < 1.29 is 49.2 Å². The van der Waals surface area contributed by atoms with E-state index in [-0.39, 0.29) is 31.8 Å². The van der Waals surface area contributed by atoms with Crippen LogP contribution in [-0.2, 0) is 19.6 Å². The highest BCUT2D eigenvalue weighted by Gasteiger charge is 2.63. The van der Waals surface area contributed by atoms with Crippen molar-refractivity contribution in [2.24, 2.45) is 5.92 Å². The molecule has 0 saturated carbocycles. The Morgan fingerprint density at radius 2 is 1.62 bits per heavy atom. The van der Waals surface area contributed by atoms with Gasteiger partial charge in [0.25, 0.3) is 12.0 Å². The average Bonchev–Trinajstić information content (AvgIpc) is 2.66. The largest absolute Gasteiger partial charge is 0.743 e. The SMILES string of the molecule is O=C(OC(C(F)(F)F)C(F)(F)S(=O)(=O)[O-])C1CCN(C(=O)c2cc(I)cc(I)c2I)CC1. The van der Waals surface area contributed by atoms with Crippen LogP contribution in [0.1, 0.15) is 23.2 Å².